The molecule has 0 spiro atoms. The second-order valence-corrected chi connectivity index (χ2v) is 8.62. The van der Waals surface area contributed by atoms with Crippen LogP contribution in [0.5, 0.6) is 0 Å². The monoisotopic (exact) mass is 510 g/mol. The highest BCUT2D eigenvalue weighted by molar-refractivity contribution is 9.10. The highest BCUT2D eigenvalue weighted by Gasteiger charge is 2.08. The van der Waals surface area contributed by atoms with Gasteiger partial charge in [0.1, 0.15) is 0 Å². The van der Waals surface area contributed by atoms with E-state index in [0.29, 0.717) is 17.8 Å². The fraction of sp³-hybridized carbons (Fsp3) is 0.0345. The van der Waals surface area contributed by atoms with E-state index in [1.165, 1.54) is 6.08 Å². The van der Waals surface area contributed by atoms with Crippen LogP contribution < -0.4 is 10.6 Å². The predicted octanol–water partition coefficient (Wildman–Crippen LogP) is 6.70. The Balaban J connectivity index is 1.36. The normalized spacial score (nSPS) is 10.7. The van der Waals surface area contributed by atoms with Crippen molar-refractivity contribution < 1.29 is 9.59 Å². The second kappa shape index (κ2) is 11.3. The molecule has 0 saturated carbocycles. The molecule has 4 rings (SSSR count). The molecule has 34 heavy (non-hydrogen) atoms. The lowest BCUT2D eigenvalue weighted by Crippen LogP contribution is -2.22. The largest absolute Gasteiger partial charge is 0.348 e. The topological polar surface area (TPSA) is 58.2 Å². The average Bonchev–Trinajstić information content (AvgIpc) is 2.87. The van der Waals surface area contributed by atoms with Gasteiger partial charge in [0.15, 0.2) is 0 Å². The Bertz CT molecular complexity index is 1330. The third kappa shape index (κ3) is 6.53. The molecule has 0 aliphatic heterocycles. The van der Waals surface area contributed by atoms with Gasteiger partial charge in [-0.15, -0.1) is 0 Å². The van der Waals surface area contributed by atoms with Crippen molar-refractivity contribution in [2.45, 2.75) is 6.54 Å². The van der Waals surface area contributed by atoms with Crippen LogP contribution >= 0.6 is 15.9 Å². The zero-order valence-electron chi connectivity index (χ0n) is 18.4. The van der Waals surface area contributed by atoms with Crippen molar-refractivity contribution in [3.63, 3.8) is 0 Å². The summed E-state index contributed by atoms with van der Waals surface area (Å²) in [6.07, 6.45) is 3.27. The fourth-order valence-corrected chi connectivity index (χ4v) is 3.87. The Morgan fingerprint density at radius 3 is 2.29 bits per heavy atom. The number of hydrogen-bond donors (Lipinski definition) is 2. The number of hydrogen-bond acceptors (Lipinski definition) is 2. The first-order chi connectivity index (χ1) is 16.6. The molecule has 4 nitrogen and oxygen atoms in total. The number of amides is 2. The molecule has 0 bridgehead atoms. The number of nitrogens with one attached hydrogen (secondary N) is 2. The van der Waals surface area contributed by atoms with Gasteiger partial charge in [-0.25, -0.2) is 0 Å². The van der Waals surface area contributed by atoms with Crippen molar-refractivity contribution in [3.05, 3.63) is 130 Å². The van der Waals surface area contributed by atoms with Gasteiger partial charge in [0.05, 0.1) is 0 Å². The lowest BCUT2D eigenvalue weighted by Gasteiger charge is -2.09. The van der Waals surface area contributed by atoms with Gasteiger partial charge < -0.3 is 10.6 Å². The van der Waals surface area contributed by atoms with Crippen LogP contribution in [0.15, 0.2) is 114 Å². The summed E-state index contributed by atoms with van der Waals surface area (Å²) in [7, 11) is 0. The number of rotatable bonds is 7. The number of carbonyl (C=O) groups excluding carboxylic acids is 2. The van der Waals surface area contributed by atoms with Gasteiger partial charge in [-0.3, -0.25) is 9.59 Å². The van der Waals surface area contributed by atoms with Gasteiger partial charge in [-0.1, -0.05) is 82.7 Å². The van der Waals surface area contributed by atoms with Gasteiger partial charge in [0.25, 0.3) is 5.91 Å². The van der Waals surface area contributed by atoms with Crippen LogP contribution in [0.4, 0.5) is 5.69 Å². The summed E-state index contributed by atoms with van der Waals surface area (Å²) >= 11 is 3.49. The van der Waals surface area contributed by atoms with Gasteiger partial charge in [0, 0.05) is 28.3 Å². The Labute approximate surface area is 207 Å². The first-order valence-electron chi connectivity index (χ1n) is 10.8. The molecule has 0 radical (unpaired) electrons. The van der Waals surface area contributed by atoms with E-state index in [2.05, 4.69) is 26.6 Å². The van der Waals surface area contributed by atoms with Crippen LogP contribution in [0.2, 0.25) is 0 Å². The highest BCUT2D eigenvalue weighted by Crippen LogP contribution is 2.24. The van der Waals surface area contributed by atoms with Crippen molar-refractivity contribution >= 4 is 39.5 Å². The average molecular weight is 511 g/mol. The minimum Gasteiger partial charge on any atom is -0.348 e. The van der Waals surface area contributed by atoms with Crippen LogP contribution in [-0.2, 0) is 11.3 Å². The molecule has 2 amide bonds. The number of halogens is 1. The van der Waals surface area contributed by atoms with E-state index in [1.807, 2.05) is 97.1 Å². The van der Waals surface area contributed by atoms with Crippen molar-refractivity contribution in [2.75, 3.05) is 5.32 Å². The summed E-state index contributed by atoms with van der Waals surface area (Å²) in [6, 6.07) is 32.6. The molecule has 0 saturated heterocycles. The lowest BCUT2D eigenvalue weighted by atomic mass is 10.0. The minimum absolute atomic E-state index is 0.155. The third-order valence-electron chi connectivity index (χ3n) is 5.16. The fourth-order valence-electron chi connectivity index (χ4n) is 3.47. The molecule has 4 aromatic carbocycles. The van der Waals surface area contributed by atoms with Crippen molar-refractivity contribution in [1.82, 2.24) is 5.32 Å². The maximum Gasteiger partial charge on any atom is 0.251 e. The van der Waals surface area contributed by atoms with Crippen LogP contribution in [0, 0.1) is 0 Å². The minimum atomic E-state index is -0.214. The molecular formula is C29H23BrN2O2. The number of carbonyl (C=O) groups is 2. The van der Waals surface area contributed by atoms with Crippen molar-refractivity contribution in [3.8, 4) is 11.1 Å². The summed E-state index contributed by atoms with van der Waals surface area (Å²) in [6.45, 7) is 0.351. The summed E-state index contributed by atoms with van der Waals surface area (Å²) in [4.78, 5) is 25.0. The molecule has 0 aromatic heterocycles. The van der Waals surface area contributed by atoms with E-state index in [-0.39, 0.29) is 11.8 Å². The van der Waals surface area contributed by atoms with Crippen LogP contribution in [0.1, 0.15) is 21.5 Å². The maximum atomic E-state index is 12.8. The summed E-state index contributed by atoms with van der Waals surface area (Å²) in [5, 5.41) is 5.82. The Morgan fingerprint density at radius 1 is 0.765 bits per heavy atom. The first kappa shape index (κ1) is 23.2. The molecule has 0 unspecified atom stereocenters. The molecule has 0 aliphatic rings. The lowest BCUT2D eigenvalue weighted by molar-refractivity contribution is -0.111. The van der Waals surface area contributed by atoms with Crippen LogP contribution in [-0.4, -0.2) is 11.8 Å². The smallest absolute Gasteiger partial charge is 0.251 e. The highest BCUT2D eigenvalue weighted by atomic mass is 79.9. The SMILES string of the molecule is O=C(/C=C/c1ccccc1)Nc1cccc(CNC(=O)c2cccc(-c3cccc(Br)c3)c2)c1. The van der Waals surface area contributed by atoms with E-state index in [9.17, 15) is 9.59 Å². The van der Waals surface area contributed by atoms with Gasteiger partial charge in [0.2, 0.25) is 5.91 Å². The van der Waals surface area contributed by atoms with E-state index < -0.39 is 0 Å². The van der Waals surface area contributed by atoms with E-state index in [0.717, 1.165) is 26.7 Å². The standard InChI is InChI=1S/C29H23BrN2O2/c30-26-13-6-11-24(19-26)23-10-5-12-25(18-23)29(34)31-20-22-9-4-14-27(17-22)32-28(33)16-15-21-7-2-1-3-8-21/h1-19H,20H2,(H,31,34)(H,32,33)/b16-15+. The van der Waals surface area contributed by atoms with Gasteiger partial charge >= 0.3 is 0 Å². The predicted molar refractivity (Wildman–Crippen MR) is 141 cm³/mol. The van der Waals surface area contributed by atoms with E-state index in [1.54, 1.807) is 12.1 Å². The summed E-state index contributed by atoms with van der Waals surface area (Å²) < 4.78 is 0.988. The van der Waals surface area contributed by atoms with Crippen LogP contribution in [0.3, 0.4) is 0 Å². The molecule has 168 valence electrons. The molecular weight excluding hydrogens is 488 g/mol. The van der Waals surface area contributed by atoms with Crippen molar-refractivity contribution in [2.24, 2.45) is 0 Å². The quantitative estimate of drug-likeness (QED) is 0.272. The Kier molecular flexibility index (Phi) is 7.68. The second-order valence-electron chi connectivity index (χ2n) is 7.71. The molecule has 0 atom stereocenters. The molecule has 2 N–H and O–H groups in total. The number of benzene rings is 4. The van der Waals surface area contributed by atoms with Gasteiger partial charge in [-0.05, 0) is 64.7 Å². The maximum absolute atomic E-state index is 12.8. The Morgan fingerprint density at radius 2 is 1.50 bits per heavy atom. The summed E-state index contributed by atoms with van der Waals surface area (Å²) in [5.41, 5.74) is 5.12. The van der Waals surface area contributed by atoms with Crippen molar-refractivity contribution in [1.29, 1.82) is 0 Å². The zero-order chi connectivity index (χ0) is 23.8. The first-order valence-corrected chi connectivity index (χ1v) is 11.6. The third-order valence-corrected chi connectivity index (χ3v) is 5.65. The van der Waals surface area contributed by atoms with E-state index >= 15 is 0 Å². The van der Waals surface area contributed by atoms with E-state index in [4.69, 9.17) is 0 Å². The summed E-state index contributed by atoms with van der Waals surface area (Å²) in [5.74, 6) is -0.369. The molecule has 5 heteroatoms. The van der Waals surface area contributed by atoms with Crippen LogP contribution in [0.25, 0.3) is 17.2 Å². The molecule has 0 fully saturated rings. The zero-order valence-corrected chi connectivity index (χ0v) is 20.0. The van der Waals surface area contributed by atoms with Gasteiger partial charge in [-0.2, -0.15) is 0 Å². The Hall–Kier alpha value is -3.96. The number of anilines is 1. The molecule has 4 aromatic rings. The molecule has 0 heterocycles. The molecule has 0 aliphatic carbocycles.